The maximum atomic E-state index is 13.4. The van der Waals surface area contributed by atoms with E-state index in [1.54, 1.807) is 12.1 Å². The average Bonchev–Trinajstić information content (AvgIpc) is 2.55. The van der Waals surface area contributed by atoms with Crippen LogP contribution < -0.4 is 0 Å². The number of H-pyrrole nitrogens is 1. The van der Waals surface area contributed by atoms with Crippen molar-refractivity contribution in [3.63, 3.8) is 0 Å². The maximum Gasteiger partial charge on any atom is 0.173 e. The predicted molar refractivity (Wildman–Crippen MR) is 48.5 cm³/mol. The van der Waals surface area contributed by atoms with E-state index in [1.165, 1.54) is 0 Å². The molecule has 0 atom stereocenters. The van der Waals surface area contributed by atoms with Gasteiger partial charge in [0, 0.05) is 0 Å². The van der Waals surface area contributed by atoms with Crippen molar-refractivity contribution in [1.82, 2.24) is 10.2 Å². The molecule has 3 nitrogen and oxygen atoms in total. The Morgan fingerprint density at radius 2 is 2.31 bits per heavy atom. The molecule has 0 saturated heterocycles. The Labute approximate surface area is 81.3 Å². The van der Waals surface area contributed by atoms with Crippen LogP contribution in [0.2, 0.25) is 0 Å². The minimum absolute atomic E-state index is 0.0776. The lowest BCUT2D eigenvalue weighted by Gasteiger charge is -1.94. The molecule has 0 radical (unpaired) electrons. The monoisotopic (exact) mass is 239 g/mol. The molecule has 0 fully saturated rings. The van der Waals surface area contributed by atoms with E-state index in [1.807, 2.05) is 6.07 Å². The second-order valence-corrected chi connectivity index (χ2v) is 3.32. The molecule has 5 heteroatoms. The molecule has 0 aliphatic carbocycles. The lowest BCUT2D eigenvalue weighted by molar-refractivity contribution is 0.633. The first-order chi connectivity index (χ1) is 6.24. The number of aromatic amines is 1. The second kappa shape index (κ2) is 2.82. The summed E-state index contributed by atoms with van der Waals surface area (Å²) in [6, 6.07) is 5.04. The molecule has 0 unspecified atom stereocenters. The number of nitriles is 1. The lowest BCUT2D eigenvalue weighted by Crippen LogP contribution is -1.81. The summed E-state index contributed by atoms with van der Waals surface area (Å²) in [7, 11) is 0. The minimum atomic E-state index is -0.456. The molecule has 2 rings (SSSR count). The Bertz CT molecular complexity index is 512. The quantitative estimate of drug-likeness (QED) is 0.768. The molecule has 2 aromatic rings. The van der Waals surface area contributed by atoms with Gasteiger partial charge in [0.05, 0.1) is 15.4 Å². The fourth-order valence-electron chi connectivity index (χ4n) is 1.13. The number of aromatic nitrogens is 2. The van der Waals surface area contributed by atoms with Gasteiger partial charge in [-0.05, 0) is 28.1 Å². The van der Waals surface area contributed by atoms with Gasteiger partial charge in [-0.25, -0.2) is 4.39 Å². The first-order valence-corrected chi connectivity index (χ1v) is 4.25. The van der Waals surface area contributed by atoms with Gasteiger partial charge in [0.15, 0.2) is 5.69 Å². The summed E-state index contributed by atoms with van der Waals surface area (Å²) in [5, 5.41) is 15.1. The summed E-state index contributed by atoms with van der Waals surface area (Å²) >= 11 is 3.04. The largest absolute Gasteiger partial charge is 0.276 e. The molecule has 1 aromatic heterocycles. The first-order valence-electron chi connectivity index (χ1n) is 3.46. The van der Waals surface area contributed by atoms with Crippen molar-refractivity contribution in [2.24, 2.45) is 0 Å². The zero-order valence-electron chi connectivity index (χ0n) is 6.31. The van der Waals surface area contributed by atoms with Gasteiger partial charge in [0.2, 0.25) is 0 Å². The van der Waals surface area contributed by atoms with E-state index in [0.717, 1.165) is 0 Å². The molecule has 1 N–H and O–H groups in total. The molecule has 0 amide bonds. The molecule has 1 heterocycles. The topological polar surface area (TPSA) is 52.5 Å². The number of nitrogens with one attached hydrogen (secondary N) is 1. The van der Waals surface area contributed by atoms with Gasteiger partial charge in [-0.3, -0.25) is 5.10 Å². The fourth-order valence-corrected chi connectivity index (χ4v) is 1.46. The third kappa shape index (κ3) is 1.11. The van der Waals surface area contributed by atoms with E-state index >= 15 is 0 Å². The third-order valence-electron chi connectivity index (χ3n) is 1.73. The Morgan fingerprint density at radius 1 is 1.54 bits per heavy atom. The first kappa shape index (κ1) is 8.20. The van der Waals surface area contributed by atoms with Crippen LogP contribution in [0.3, 0.4) is 0 Å². The molecule has 13 heavy (non-hydrogen) atoms. The van der Waals surface area contributed by atoms with Crippen LogP contribution in [0, 0.1) is 17.1 Å². The summed E-state index contributed by atoms with van der Waals surface area (Å²) in [6.07, 6.45) is 0. The normalized spacial score (nSPS) is 10.2. The summed E-state index contributed by atoms with van der Waals surface area (Å²) in [6.45, 7) is 0. The van der Waals surface area contributed by atoms with Crippen LogP contribution in [0.25, 0.3) is 10.9 Å². The Kier molecular flexibility index (Phi) is 1.78. The van der Waals surface area contributed by atoms with Crippen molar-refractivity contribution >= 4 is 26.8 Å². The number of hydrogen-bond acceptors (Lipinski definition) is 2. The summed E-state index contributed by atoms with van der Waals surface area (Å²) in [4.78, 5) is 0. The van der Waals surface area contributed by atoms with Crippen LogP contribution >= 0.6 is 15.9 Å². The predicted octanol–water partition coefficient (Wildman–Crippen LogP) is 2.34. The van der Waals surface area contributed by atoms with Crippen molar-refractivity contribution < 1.29 is 4.39 Å². The molecule has 0 aliphatic rings. The van der Waals surface area contributed by atoms with Crippen LogP contribution in [0.1, 0.15) is 5.69 Å². The zero-order valence-corrected chi connectivity index (χ0v) is 7.89. The summed E-state index contributed by atoms with van der Waals surface area (Å²) < 4.78 is 13.8. The third-order valence-corrected chi connectivity index (χ3v) is 2.34. The van der Waals surface area contributed by atoms with E-state index < -0.39 is 5.82 Å². The van der Waals surface area contributed by atoms with Crippen molar-refractivity contribution in [3.8, 4) is 6.07 Å². The van der Waals surface area contributed by atoms with Crippen LogP contribution in [0.5, 0.6) is 0 Å². The Hall–Kier alpha value is -1.41. The van der Waals surface area contributed by atoms with E-state index in [2.05, 4.69) is 26.1 Å². The Balaban J connectivity index is 2.95. The van der Waals surface area contributed by atoms with Crippen LogP contribution in [0.15, 0.2) is 16.6 Å². The Morgan fingerprint density at radius 3 is 3.00 bits per heavy atom. The van der Waals surface area contributed by atoms with E-state index in [0.29, 0.717) is 9.99 Å². The van der Waals surface area contributed by atoms with Crippen molar-refractivity contribution in [1.29, 1.82) is 5.26 Å². The van der Waals surface area contributed by atoms with Gasteiger partial charge in [0.1, 0.15) is 11.9 Å². The van der Waals surface area contributed by atoms with Crippen molar-refractivity contribution in [2.75, 3.05) is 0 Å². The molecule has 0 aliphatic heterocycles. The fraction of sp³-hybridized carbons (Fsp3) is 0. The molecule has 0 saturated carbocycles. The number of halogens is 2. The highest BCUT2D eigenvalue weighted by atomic mass is 79.9. The standard InChI is InChI=1S/C8H3BrFN3/c9-4-1-2-5-7(8(4)10)6(3-11)13-12-5/h1-2H,(H,12,13). The van der Waals surface area contributed by atoms with Crippen molar-refractivity contribution in [3.05, 3.63) is 28.1 Å². The lowest BCUT2D eigenvalue weighted by atomic mass is 10.2. The highest BCUT2D eigenvalue weighted by Crippen LogP contribution is 2.25. The number of hydrogen-bond donors (Lipinski definition) is 1. The minimum Gasteiger partial charge on any atom is -0.276 e. The van der Waals surface area contributed by atoms with Crippen LogP contribution in [0.4, 0.5) is 4.39 Å². The van der Waals surface area contributed by atoms with Gasteiger partial charge in [-0.1, -0.05) is 0 Å². The van der Waals surface area contributed by atoms with Gasteiger partial charge in [0.25, 0.3) is 0 Å². The molecular weight excluding hydrogens is 237 g/mol. The molecule has 0 spiro atoms. The highest BCUT2D eigenvalue weighted by Gasteiger charge is 2.12. The highest BCUT2D eigenvalue weighted by molar-refractivity contribution is 9.10. The smallest absolute Gasteiger partial charge is 0.173 e. The SMILES string of the molecule is N#Cc1n[nH]c2ccc(Br)c(F)c12. The number of nitrogens with zero attached hydrogens (tertiary/aromatic N) is 2. The van der Waals surface area contributed by atoms with Gasteiger partial charge in [-0.2, -0.15) is 10.4 Å². The van der Waals surface area contributed by atoms with Gasteiger partial charge < -0.3 is 0 Å². The number of rotatable bonds is 0. The van der Waals surface area contributed by atoms with Gasteiger partial charge in [-0.15, -0.1) is 0 Å². The van der Waals surface area contributed by atoms with E-state index in [9.17, 15) is 4.39 Å². The van der Waals surface area contributed by atoms with E-state index in [-0.39, 0.29) is 11.1 Å². The van der Waals surface area contributed by atoms with E-state index in [4.69, 9.17) is 5.26 Å². The van der Waals surface area contributed by atoms with Crippen LogP contribution in [-0.4, -0.2) is 10.2 Å². The number of benzene rings is 1. The molecular formula is C8H3BrFN3. The molecule has 64 valence electrons. The maximum absolute atomic E-state index is 13.4. The molecule has 1 aromatic carbocycles. The summed E-state index contributed by atoms with van der Waals surface area (Å²) in [5.41, 5.74) is 0.603. The average molecular weight is 240 g/mol. The summed E-state index contributed by atoms with van der Waals surface area (Å²) in [5.74, 6) is -0.456. The number of fused-ring (bicyclic) bond motifs is 1. The van der Waals surface area contributed by atoms with Gasteiger partial charge >= 0.3 is 0 Å². The van der Waals surface area contributed by atoms with Crippen LogP contribution in [-0.2, 0) is 0 Å². The zero-order chi connectivity index (χ0) is 9.42. The second-order valence-electron chi connectivity index (χ2n) is 2.47. The van der Waals surface area contributed by atoms with Crippen molar-refractivity contribution in [2.45, 2.75) is 0 Å². The molecule has 0 bridgehead atoms.